The molecule has 0 spiro atoms. The van der Waals surface area contributed by atoms with Gasteiger partial charge >= 0.3 is 0 Å². The summed E-state index contributed by atoms with van der Waals surface area (Å²) in [6.07, 6.45) is 0. The molecule has 0 aliphatic carbocycles. The zero-order chi connectivity index (χ0) is 19.3. The monoisotopic (exact) mass is 404 g/mol. The van der Waals surface area contributed by atoms with Crippen LogP contribution in [0.3, 0.4) is 0 Å². The molecule has 1 N–H and O–H groups in total. The van der Waals surface area contributed by atoms with Gasteiger partial charge in [0.25, 0.3) is 0 Å². The van der Waals surface area contributed by atoms with Crippen LogP contribution >= 0.6 is 22.9 Å². The number of nitrogens with zero attached hydrogens (tertiary/aromatic N) is 1. The fraction of sp³-hybridized carbons (Fsp3) is 0.0435. The second-order valence-electron chi connectivity index (χ2n) is 6.29. The van der Waals surface area contributed by atoms with Crippen molar-refractivity contribution in [2.75, 3.05) is 5.32 Å². The number of nitrogens with one attached hydrogen (secondary N) is 1. The molecule has 1 amide bonds. The van der Waals surface area contributed by atoms with Gasteiger partial charge < -0.3 is 5.32 Å². The molecule has 0 fully saturated rings. The molecule has 0 saturated carbocycles. The SMILES string of the molecule is O=C(Nc1nc(-c2ccc(Cl)cc2)cs1)C(c1ccccc1)c1ccccc1. The fourth-order valence-electron chi connectivity index (χ4n) is 3.05. The largest absolute Gasteiger partial charge is 0.301 e. The molecule has 0 unspecified atom stereocenters. The normalized spacial score (nSPS) is 10.8. The highest BCUT2D eigenvalue weighted by Crippen LogP contribution is 2.29. The van der Waals surface area contributed by atoms with E-state index in [2.05, 4.69) is 10.3 Å². The summed E-state index contributed by atoms with van der Waals surface area (Å²) in [6.45, 7) is 0. The lowest BCUT2D eigenvalue weighted by atomic mass is 9.90. The van der Waals surface area contributed by atoms with Gasteiger partial charge in [-0.05, 0) is 23.3 Å². The highest BCUT2D eigenvalue weighted by Gasteiger charge is 2.23. The summed E-state index contributed by atoms with van der Waals surface area (Å²) in [5.74, 6) is -0.500. The maximum atomic E-state index is 13.1. The molecular weight excluding hydrogens is 388 g/mol. The van der Waals surface area contributed by atoms with Gasteiger partial charge in [0.15, 0.2) is 5.13 Å². The molecule has 0 bridgehead atoms. The Morgan fingerprint density at radius 3 is 2.00 bits per heavy atom. The van der Waals surface area contributed by atoms with Crippen LogP contribution in [0.5, 0.6) is 0 Å². The topological polar surface area (TPSA) is 42.0 Å². The molecule has 3 nitrogen and oxygen atoms in total. The maximum Gasteiger partial charge on any atom is 0.238 e. The van der Waals surface area contributed by atoms with Gasteiger partial charge in [0, 0.05) is 16.0 Å². The van der Waals surface area contributed by atoms with Crippen LogP contribution in [0, 0.1) is 0 Å². The van der Waals surface area contributed by atoms with Gasteiger partial charge in [-0.2, -0.15) is 0 Å². The maximum absolute atomic E-state index is 13.1. The smallest absolute Gasteiger partial charge is 0.238 e. The van der Waals surface area contributed by atoms with Crippen molar-refractivity contribution in [1.29, 1.82) is 0 Å². The molecule has 4 rings (SSSR count). The van der Waals surface area contributed by atoms with E-state index in [1.165, 1.54) is 11.3 Å². The van der Waals surface area contributed by atoms with Crippen molar-refractivity contribution in [3.8, 4) is 11.3 Å². The van der Waals surface area contributed by atoms with Crippen LogP contribution in [0.15, 0.2) is 90.3 Å². The average Bonchev–Trinajstić information content (AvgIpc) is 3.19. The third-order valence-corrected chi connectivity index (χ3v) is 5.41. The predicted molar refractivity (Wildman–Crippen MR) is 116 cm³/mol. The Morgan fingerprint density at radius 1 is 0.857 bits per heavy atom. The third-order valence-electron chi connectivity index (χ3n) is 4.40. The molecule has 0 aliphatic heterocycles. The fourth-order valence-corrected chi connectivity index (χ4v) is 3.90. The van der Waals surface area contributed by atoms with Gasteiger partial charge in [0.2, 0.25) is 5.91 Å². The van der Waals surface area contributed by atoms with Crippen molar-refractivity contribution < 1.29 is 4.79 Å². The number of benzene rings is 3. The van der Waals surface area contributed by atoms with Gasteiger partial charge in [-0.1, -0.05) is 84.4 Å². The number of hydrogen-bond donors (Lipinski definition) is 1. The Labute approximate surface area is 172 Å². The molecule has 4 aromatic rings. The molecule has 28 heavy (non-hydrogen) atoms. The molecule has 1 aromatic heterocycles. The van der Waals surface area contributed by atoms with Gasteiger partial charge in [0.1, 0.15) is 0 Å². The summed E-state index contributed by atoms with van der Waals surface area (Å²) >= 11 is 7.36. The summed E-state index contributed by atoms with van der Waals surface area (Å²) in [6, 6.07) is 27.0. The number of amides is 1. The minimum atomic E-state index is -0.398. The zero-order valence-corrected chi connectivity index (χ0v) is 16.5. The number of carbonyl (C=O) groups excluding carboxylic acids is 1. The summed E-state index contributed by atoms with van der Waals surface area (Å²) < 4.78 is 0. The molecule has 138 valence electrons. The summed E-state index contributed by atoms with van der Waals surface area (Å²) in [5.41, 5.74) is 3.66. The number of anilines is 1. The number of rotatable bonds is 5. The molecule has 5 heteroatoms. The van der Waals surface area contributed by atoms with E-state index in [1.807, 2.05) is 90.3 Å². The van der Waals surface area contributed by atoms with E-state index in [0.717, 1.165) is 22.4 Å². The number of halogens is 1. The second-order valence-corrected chi connectivity index (χ2v) is 7.58. The van der Waals surface area contributed by atoms with Crippen molar-refractivity contribution in [2.24, 2.45) is 0 Å². The Kier molecular flexibility index (Phi) is 5.51. The van der Waals surface area contributed by atoms with E-state index < -0.39 is 5.92 Å². The van der Waals surface area contributed by atoms with Crippen LogP contribution < -0.4 is 5.32 Å². The number of aromatic nitrogens is 1. The quantitative estimate of drug-likeness (QED) is 0.428. The van der Waals surface area contributed by atoms with Gasteiger partial charge in [-0.3, -0.25) is 4.79 Å². The van der Waals surface area contributed by atoms with Crippen LogP contribution in [-0.4, -0.2) is 10.9 Å². The molecule has 0 aliphatic rings. The molecule has 3 aromatic carbocycles. The van der Waals surface area contributed by atoms with Crippen LogP contribution in [0.4, 0.5) is 5.13 Å². The lowest BCUT2D eigenvalue weighted by molar-refractivity contribution is -0.116. The molecule has 0 radical (unpaired) electrons. The van der Waals surface area contributed by atoms with Crippen molar-refractivity contribution >= 4 is 34.0 Å². The average molecular weight is 405 g/mol. The molecular formula is C23H17ClN2OS. The zero-order valence-electron chi connectivity index (χ0n) is 14.9. The predicted octanol–water partition coefficient (Wildman–Crippen LogP) is 6.23. The van der Waals surface area contributed by atoms with Gasteiger partial charge in [-0.25, -0.2) is 4.98 Å². The van der Waals surface area contributed by atoms with Crippen LogP contribution in [0.25, 0.3) is 11.3 Å². The summed E-state index contributed by atoms with van der Waals surface area (Å²) in [4.78, 5) is 17.7. The summed E-state index contributed by atoms with van der Waals surface area (Å²) in [7, 11) is 0. The van der Waals surface area contributed by atoms with E-state index in [0.29, 0.717) is 10.2 Å². The molecule has 1 heterocycles. The Balaban J connectivity index is 1.59. The van der Waals surface area contributed by atoms with Crippen LogP contribution in [0.1, 0.15) is 17.0 Å². The van der Waals surface area contributed by atoms with Crippen LogP contribution in [0.2, 0.25) is 5.02 Å². The summed E-state index contributed by atoms with van der Waals surface area (Å²) in [5, 5.41) is 6.17. The Hall–Kier alpha value is -2.95. The Bertz CT molecular complexity index is 1020. The van der Waals surface area contributed by atoms with E-state index >= 15 is 0 Å². The second kappa shape index (κ2) is 8.38. The van der Waals surface area contributed by atoms with Crippen LogP contribution in [-0.2, 0) is 4.79 Å². The first-order valence-corrected chi connectivity index (χ1v) is 10.1. The third kappa shape index (κ3) is 4.14. The minimum Gasteiger partial charge on any atom is -0.301 e. The first-order chi connectivity index (χ1) is 13.7. The van der Waals surface area contributed by atoms with Crippen molar-refractivity contribution in [3.05, 3.63) is 106 Å². The highest BCUT2D eigenvalue weighted by atomic mass is 35.5. The number of hydrogen-bond acceptors (Lipinski definition) is 3. The van der Waals surface area contributed by atoms with E-state index in [1.54, 1.807) is 0 Å². The molecule has 0 atom stereocenters. The van der Waals surface area contributed by atoms with Crippen molar-refractivity contribution in [3.63, 3.8) is 0 Å². The number of thiazole rings is 1. The molecule has 0 saturated heterocycles. The first-order valence-electron chi connectivity index (χ1n) is 8.83. The minimum absolute atomic E-state index is 0.102. The van der Waals surface area contributed by atoms with E-state index in [9.17, 15) is 4.79 Å². The van der Waals surface area contributed by atoms with Crippen molar-refractivity contribution in [1.82, 2.24) is 4.98 Å². The standard InChI is InChI=1S/C23H17ClN2OS/c24-19-13-11-16(12-14-19)20-15-28-23(25-20)26-22(27)21(17-7-3-1-4-8-17)18-9-5-2-6-10-18/h1-15,21H,(H,25,26,27). The lowest BCUT2D eigenvalue weighted by Gasteiger charge is -2.17. The van der Waals surface area contributed by atoms with E-state index in [-0.39, 0.29) is 5.91 Å². The van der Waals surface area contributed by atoms with Gasteiger partial charge in [0.05, 0.1) is 11.6 Å². The Morgan fingerprint density at radius 2 is 1.43 bits per heavy atom. The first kappa shape index (κ1) is 18.4. The number of carbonyl (C=O) groups is 1. The lowest BCUT2D eigenvalue weighted by Crippen LogP contribution is -2.22. The van der Waals surface area contributed by atoms with Gasteiger partial charge in [-0.15, -0.1) is 11.3 Å². The highest BCUT2D eigenvalue weighted by molar-refractivity contribution is 7.14. The van der Waals surface area contributed by atoms with Crippen molar-refractivity contribution in [2.45, 2.75) is 5.92 Å². The van der Waals surface area contributed by atoms with E-state index in [4.69, 9.17) is 11.6 Å².